The molecule has 148 valence electrons. The molecule has 0 atom stereocenters. The molecule has 0 amide bonds. The van der Waals surface area contributed by atoms with E-state index >= 15 is 0 Å². The molecule has 0 aliphatic heterocycles. The number of halogens is 4. The minimum absolute atomic E-state index is 0.0462. The maximum atomic E-state index is 13.5. The van der Waals surface area contributed by atoms with E-state index in [0.29, 0.717) is 23.0 Å². The highest BCUT2D eigenvalue weighted by molar-refractivity contribution is 6.30. The second-order valence-electron chi connectivity index (χ2n) is 6.94. The van der Waals surface area contributed by atoms with Crippen LogP contribution in [0.4, 0.5) is 13.2 Å². The number of alkyl halides is 3. The van der Waals surface area contributed by atoms with Gasteiger partial charge in [-0.1, -0.05) is 23.7 Å². The number of benzene rings is 1. The Morgan fingerprint density at radius 3 is 2.72 bits per heavy atom. The predicted octanol–water partition coefficient (Wildman–Crippen LogP) is 4.92. The first kappa shape index (κ1) is 18.1. The summed E-state index contributed by atoms with van der Waals surface area (Å²) >= 11 is 5.98. The average Bonchev–Trinajstić information content (AvgIpc) is 3.27. The van der Waals surface area contributed by atoms with Crippen LogP contribution in [-0.2, 0) is 12.6 Å². The van der Waals surface area contributed by atoms with Gasteiger partial charge in [-0.2, -0.15) is 18.3 Å². The van der Waals surface area contributed by atoms with Crippen molar-refractivity contribution in [2.45, 2.75) is 31.4 Å². The molecular weight excluding hydrogens is 407 g/mol. The standard InChI is InChI=1S/C19H13ClF3N5O/c20-12-3-1-2-10(6-12)7-16-26-27-18(29-16)13-9-24-28-15(19(21,22)23)8-14(11-4-5-11)25-17(13)28/h1-3,6,8-9,11H,4-5,7H2. The van der Waals surface area contributed by atoms with Crippen LogP contribution in [0.2, 0.25) is 5.02 Å². The third-order valence-corrected chi connectivity index (χ3v) is 4.95. The molecule has 29 heavy (non-hydrogen) atoms. The Labute approximate surface area is 167 Å². The van der Waals surface area contributed by atoms with Crippen LogP contribution in [0.15, 0.2) is 40.9 Å². The number of aromatic nitrogens is 5. The summed E-state index contributed by atoms with van der Waals surface area (Å²) < 4.78 is 47.0. The Morgan fingerprint density at radius 1 is 1.17 bits per heavy atom. The molecule has 0 saturated heterocycles. The Hall–Kier alpha value is -2.94. The molecule has 0 radical (unpaired) electrons. The van der Waals surface area contributed by atoms with E-state index in [1.54, 1.807) is 12.1 Å². The Morgan fingerprint density at radius 2 is 2.00 bits per heavy atom. The molecule has 3 aromatic heterocycles. The summed E-state index contributed by atoms with van der Waals surface area (Å²) in [6.07, 6.45) is -1.28. The van der Waals surface area contributed by atoms with Crippen molar-refractivity contribution in [2.24, 2.45) is 0 Å². The molecule has 1 fully saturated rings. The molecular formula is C19H13ClF3N5O. The van der Waals surface area contributed by atoms with Crippen LogP contribution < -0.4 is 0 Å². The molecule has 1 aliphatic rings. The summed E-state index contributed by atoms with van der Waals surface area (Å²) in [7, 11) is 0. The van der Waals surface area contributed by atoms with Crippen LogP contribution in [-0.4, -0.2) is 24.8 Å². The van der Waals surface area contributed by atoms with Crippen LogP contribution >= 0.6 is 11.6 Å². The highest BCUT2D eigenvalue weighted by atomic mass is 35.5. The molecule has 0 unspecified atom stereocenters. The van der Waals surface area contributed by atoms with E-state index in [2.05, 4.69) is 20.3 Å². The molecule has 0 bridgehead atoms. The third kappa shape index (κ3) is 3.46. The van der Waals surface area contributed by atoms with Crippen LogP contribution in [0, 0.1) is 0 Å². The molecule has 1 aliphatic carbocycles. The van der Waals surface area contributed by atoms with Crippen LogP contribution in [0.25, 0.3) is 17.1 Å². The fourth-order valence-electron chi connectivity index (χ4n) is 3.18. The van der Waals surface area contributed by atoms with Crippen molar-refractivity contribution in [2.75, 3.05) is 0 Å². The van der Waals surface area contributed by atoms with Crippen molar-refractivity contribution >= 4 is 17.2 Å². The highest BCUT2D eigenvalue weighted by Crippen LogP contribution is 2.42. The Bertz CT molecular complexity index is 1210. The van der Waals surface area contributed by atoms with E-state index < -0.39 is 11.9 Å². The number of hydrogen-bond donors (Lipinski definition) is 0. The lowest BCUT2D eigenvalue weighted by Gasteiger charge is -2.10. The monoisotopic (exact) mass is 419 g/mol. The van der Waals surface area contributed by atoms with E-state index in [9.17, 15) is 13.2 Å². The largest absolute Gasteiger partial charge is 0.433 e. The number of rotatable bonds is 4. The Balaban J connectivity index is 1.55. The fraction of sp³-hybridized carbons (Fsp3) is 0.263. The number of hydrogen-bond acceptors (Lipinski definition) is 5. The molecule has 1 saturated carbocycles. The summed E-state index contributed by atoms with van der Waals surface area (Å²) in [4.78, 5) is 4.41. The maximum Gasteiger partial charge on any atom is 0.433 e. The van der Waals surface area contributed by atoms with Gasteiger partial charge in [0, 0.05) is 16.6 Å². The van der Waals surface area contributed by atoms with Crippen LogP contribution in [0.5, 0.6) is 0 Å². The van der Waals surface area contributed by atoms with Gasteiger partial charge in [-0.05, 0) is 36.6 Å². The van der Waals surface area contributed by atoms with Crippen LogP contribution in [0.3, 0.4) is 0 Å². The topological polar surface area (TPSA) is 69.1 Å². The zero-order valence-corrected chi connectivity index (χ0v) is 15.6. The van der Waals surface area contributed by atoms with E-state index in [-0.39, 0.29) is 23.0 Å². The van der Waals surface area contributed by atoms with E-state index in [0.717, 1.165) is 29.0 Å². The molecule has 3 heterocycles. The van der Waals surface area contributed by atoms with Crippen molar-refractivity contribution in [1.82, 2.24) is 24.8 Å². The van der Waals surface area contributed by atoms with Crippen molar-refractivity contribution in [3.05, 3.63) is 64.4 Å². The summed E-state index contributed by atoms with van der Waals surface area (Å²) in [5.74, 6) is 0.437. The number of fused-ring (bicyclic) bond motifs is 1. The minimum Gasteiger partial charge on any atom is -0.420 e. The van der Waals surface area contributed by atoms with Crippen molar-refractivity contribution in [3.63, 3.8) is 0 Å². The first-order valence-electron chi connectivity index (χ1n) is 8.91. The highest BCUT2D eigenvalue weighted by Gasteiger charge is 2.37. The van der Waals surface area contributed by atoms with Gasteiger partial charge in [0.1, 0.15) is 11.3 Å². The molecule has 5 rings (SSSR count). The van der Waals surface area contributed by atoms with E-state index in [1.807, 2.05) is 12.1 Å². The van der Waals surface area contributed by atoms with Crippen molar-refractivity contribution < 1.29 is 17.6 Å². The van der Waals surface area contributed by atoms with Gasteiger partial charge in [-0.3, -0.25) is 0 Å². The quantitative estimate of drug-likeness (QED) is 0.469. The number of nitrogens with zero attached hydrogens (tertiary/aromatic N) is 5. The fourth-order valence-corrected chi connectivity index (χ4v) is 3.39. The molecule has 6 nitrogen and oxygen atoms in total. The summed E-state index contributed by atoms with van der Waals surface area (Å²) in [6, 6.07) is 8.27. The molecule has 0 N–H and O–H groups in total. The maximum absolute atomic E-state index is 13.5. The van der Waals surface area contributed by atoms with Crippen molar-refractivity contribution in [3.8, 4) is 11.5 Å². The van der Waals surface area contributed by atoms with Gasteiger partial charge in [0.15, 0.2) is 5.65 Å². The SMILES string of the molecule is FC(F)(F)c1cc(C2CC2)nc2c(-c3nnc(Cc4cccc(Cl)c4)o3)cnn12. The molecule has 0 spiro atoms. The van der Waals surface area contributed by atoms with Crippen LogP contribution in [0.1, 0.15) is 41.6 Å². The Kier molecular flexibility index (Phi) is 4.09. The van der Waals surface area contributed by atoms with E-state index in [4.69, 9.17) is 16.0 Å². The zero-order valence-electron chi connectivity index (χ0n) is 14.8. The first-order chi connectivity index (χ1) is 13.9. The second kappa shape index (κ2) is 6.55. The third-order valence-electron chi connectivity index (χ3n) is 4.72. The van der Waals surface area contributed by atoms with Gasteiger partial charge in [-0.25, -0.2) is 9.50 Å². The first-order valence-corrected chi connectivity index (χ1v) is 9.29. The van der Waals surface area contributed by atoms with Gasteiger partial charge in [0.25, 0.3) is 5.89 Å². The molecule has 1 aromatic carbocycles. The second-order valence-corrected chi connectivity index (χ2v) is 7.38. The lowest BCUT2D eigenvalue weighted by molar-refractivity contribution is -0.142. The predicted molar refractivity (Wildman–Crippen MR) is 97.5 cm³/mol. The van der Waals surface area contributed by atoms with Gasteiger partial charge in [0.2, 0.25) is 5.89 Å². The lowest BCUT2D eigenvalue weighted by atomic mass is 10.1. The summed E-state index contributed by atoms with van der Waals surface area (Å²) in [6.45, 7) is 0. The van der Waals surface area contributed by atoms with Gasteiger partial charge >= 0.3 is 6.18 Å². The zero-order chi connectivity index (χ0) is 20.2. The van der Waals surface area contributed by atoms with Gasteiger partial charge in [0.05, 0.1) is 12.6 Å². The molecule has 4 aromatic rings. The molecule has 10 heteroatoms. The van der Waals surface area contributed by atoms with Gasteiger partial charge < -0.3 is 4.42 Å². The van der Waals surface area contributed by atoms with Gasteiger partial charge in [-0.15, -0.1) is 10.2 Å². The van der Waals surface area contributed by atoms with Crippen molar-refractivity contribution in [1.29, 1.82) is 0 Å². The average molecular weight is 420 g/mol. The van der Waals surface area contributed by atoms with E-state index in [1.165, 1.54) is 6.20 Å². The smallest absolute Gasteiger partial charge is 0.420 e. The minimum atomic E-state index is -4.55. The summed E-state index contributed by atoms with van der Waals surface area (Å²) in [5.41, 5.74) is 0.739. The lowest BCUT2D eigenvalue weighted by Crippen LogP contribution is -2.14. The normalized spacial score (nSPS) is 14.6. The summed E-state index contributed by atoms with van der Waals surface area (Å²) in [5, 5.41) is 12.4.